The van der Waals surface area contributed by atoms with Crippen molar-refractivity contribution in [2.45, 2.75) is 23.3 Å². The van der Waals surface area contributed by atoms with Gasteiger partial charge in [-0.2, -0.15) is 5.10 Å². The zero-order valence-corrected chi connectivity index (χ0v) is 13.7. The van der Waals surface area contributed by atoms with Crippen LogP contribution in [-0.2, 0) is 9.47 Å². The maximum absolute atomic E-state index is 6.08. The average Bonchev–Trinajstić information content (AvgIpc) is 3.22. The molecule has 2 atom stereocenters. The Morgan fingerprint density at radius 2 is 1.96 bits per heavy atom. The highest BCUT2D eigenvalue weighted by atomic mass is 32.2. The first kappa shape index (κ1) is 14.9. The summed E-state index contributed by atoms with van der Waals surface area (Å²) in [6.45, 7) is 2.74. The fourth-order valence-corrected chi connectivity index (χ4v) is 3.36. The molecular formula is C15H19N5O2S. The Hall–Kier alpha value is -1.64. The smallest absolute Gasteiger partial charge is 0.226 e. The minimum Gasteiger partial charge on any atom is -0.371 e. The van der Waals surface area contributed by atoms with Gasteiger partial charge in [-0.25, -0.2) is 9.97 Å². The number of hydrogen-bond acceptors (Lipinski definition) is 7. The van der Waals surface area contributed by atoms with E-state index in [1.165, 1.54) is 0 Å². The van der Waals surface area contributed by atoms with Crippen molar-refractivity contribution in [2.75, 3.05) is 37.5 Å². The van der Waals surface area contributed by atoms with Crippen LogP contribution >= 0.6 is 11.8 Å². The predicted molar refractivity (Wildman–Crippen MR) is 86.8 cm³/mol. The number of aromatic nitrogens is 4. The van der Waals surface area contributed by atoms with Crippen molar-refractivity contribution in [3.63, 3.8) is 0 Å². The number of hydrogen-bond donors (Lipinski definition) is 0. The molecule has 122 valence electrons. The zero-order chi connectivity index (χ0) is 15.6. The molecule has 2 saturated heterocycles. The summed E-state index contributed by atoms with van der Waals surface area (Å²) < 4.78 is 14.1. The van der Waals surface area contributed by atoms with Crippen molar-refractivity contribution < 1.29 is 9.47 Å². The van der Waals surface area contributed by atoms with Crippen LogP contribution in [0.1, 0.15) is 6.04 Å². The SMILES string of the molecule is CSc1ccnc(N2C[C@@H]3OCC(n4cccn4)CO[C@H]3C2)n1. The molecule has 4 rings (SSSR count). The van der Waals surface area contributed by atoms with E-state index < -0.39 is 0 Å². The molecule has 7 nitrogen and oxygen atoms in total. The Bertz CT molecular complexity index is 637. The highest BCUT2D eigenvalue weighted by molar-refractivity contribution is 7.98. The highest BCUT2D eigenvalue weighted by Gasteiger charge is 2.38. The first-order valence-electron chi connectivity index (χ1n) is 7.68. The molecule has 0 aromatic carbocycles. The van der Waals surface area contributed by atoms with E-state index in [-0.39, 0.29) is 18.2 Å². The average molecular weight is 333 g/mol. The quantitative estimate of drug-likeness (QED) is 0.618. The fraction of sp³-hybridized carbons (Fsp3) is 0.533. The molecule has 0 unspecified atom stereocenters. The normalized spacial score (nSPS) is 25.3. The van der Waals surface area contributed by atoms with Gasteiger partial charge in [-0.05, 0) is 18.4 Å². The molecule has 2 aliphatic rings. The van der Waals surface area contributed by atoms with E-state index in [1.54, 1.807) is 24.2 Å². The number of nitrogens with zero attached hydrogens (tertiary/aromatic N) is 5. The van der Waals surface area contributed by atoms with Crippen LogP contribution < -0.4 is 4.90 Å². The number of ether oxygens (including phenoxy) is 2. The first-order valence-corrected chi connectivity index (χ1v) is 8.90. The van der Waals surface area contributed by atoms with Crippen molar-refractivity contribution in [1.29, 1.82) is 0 Å². The number of rotatable bonds is 3. The van der Waals surface area contributed by atoms with E-state index in [4.69, 9.17) is 9.47 Å². The van der Waals surface area contributed by atoms with Crippen molar-refractivity contribution in [2.24, 2.45) is 0 Å². The Labute approximate surface area is 139 Å². The maximum atomic E-state index is 6.08. The molecule has 2 aliphatic heterocycles. The summed E-state index contributed by atoms with van der Waals surface area (Å²) in [5.74, 6) is 0.751. The fourth-order valence-electron chi connectivity index (χ4n) is 2.99. The van der Waals surface area contributed by atoms with Gasteiger partial charge in [0.05, 0.1) is 19.3 Å². The van der Waals surface area contributed by atoms with Crippen molar-refractivity contribution in [3.05, 3.63) is 30.7 Å². The lowest BCUT2D eigenvalue weighted by Crippen LogP contribution is -2.27. The van der Waals surface area contributed by atoms with E-state index in [0.717, 1.165) is 24.1 Å². The molecule has 0 bridgehead atoms. The standard InChI is InChI=1S/C15H19N5O2S/c1-23-14-3-5-16-15(18-14)19-7-12-13(8-19)22-10-11(9-21-12)20-6-2-4-17-20/h2-6,11-13H,7-10H2,1H3/t12-,13-/m0/s1. The Morgan fingerprint density at radius 3 is 2.61 bits per heavy atom. The van der Waals surface area contributed by atoms with E-state index in [1.807, 2.05) is 29.3 Å². The van der Waals surface area contributed by atoms with Crippen LogP contribution in [0, 0.1) is 0 Å². The minimum atomic E-state index is 0.0529. The lowest BCUT2D eigenvalue weighted by Gasteiger charge is -2.19. The van der Waals surface area contributed by atoms with Crippen LogP contribution in [0.2, 0.25) is 0 Å². The first-order chi connectivity index (χ1) is 11.3. The molecule has 0 spiro atoms. The van der Waals surface area contributed by atoms with Gasteiger partial charge in [-0.3, -0.25) is 4.68 Å². The Kier molecular flexibility index (Phi) is 4.19. The molecule has 2 aromatic rings. The molecule has 4 heterocycles. The molecule has 23 heavy (non-hydrogen) atoms. The van der Waals surface area contributed by atoms with Gasteiger partial charge < -0.3 is 14.4 Å². The van der Waals surface area contributed by atoms with Gasteiger partial charge >= 0.3 is 0 Å². The molecule has 0 radical (unpaired) electrons. The Morgan fingerprint density at radius 1 is 1.17 bits per heavy atom. The van der Waals surface area contributed by atoms with Gasteiger partial charge in [-0.15, -0.1) is 11.8 Å². The van der Waals surface area contributed by atoms with Crippen LogP contribution in [0.4, 0.5) is 5.95 Å². The van der Waals surface area contributed by atoms with Crippen molar-refractivity contribution in [1.82, 2.24) is 19.7 Å². The third-order valence-electron chi connectivity index (χ3n) is 4.23. The van der Waals surface area contributed by atoms with Gasteiger partial charge in [0.15, 0.2) is 0 Å². The number of anilines is 1. The van der Waals surface area contributed by atoms with Crippen LogP contribution in [-0.4, -0.2) is 64.5 Å². The lowest BCUT2D eigenvalue weighted by molar-refractivity contribution is -0.00461. The summed E-state index contributed by atoms with van der Waals surface area (Å²) in [7, 11) is 0. The summed E-state index contributed by atoms with van der Waals surface area (Å²) >= 11 is 1.62. The van der Waals surface area contributed by atoms with Crippen LogP contribution in [0.3, 0.4) is 0 Å². The summed E-state index contributed by atoms with van der Waals surface area (Å²) in [5, 5.41) is 5.26. The third-order valence-corrected chi connectivity index (χ3v) is 4.87. The van der Waals surface area contributed by atoms with Crippen LogP contribution in [0.15, 0.2) is 35.7 Å². The van der Waals surface area contributed by atoms with Crippen molar-refractivity contribution >= 4 is 17.7 Å². The van der Waals surface area contributed by atoms with E-state index in [2.05, 4.69) is 20.0 Å². The van der Waals surface area contributed by atoms with E-state index in [9.17, 15) is 0 Å². The molecule has 0 saturated carbocycles. The topological polar surface area (TPSA) is 65.3 Å². The molecule has 0 N–H and O–H groups in total. The molecule has 2 aromatic heterocycles. The predicted octanol–water partition coefficient (Wildman–Crippen LogP) is 1.24. The molecule has 8 heteroatoms. The van der Waals surface area contributed by atoms with Crippen LogP contribution in [0.5, 0.6) is 0 Å². The summed E-state index contributed by atoms with van der Waals surface area (Å²) in [6, 6.07) is 3.98. The second kappa shape index (κ2) is 6.46. The number of thioether (sulfide) groups is 1. The summed E-state index contributed by atoms with van der Waals surface area (Å²) in [6.07, 6.45) is 7.66. The summed E-state index contributed by atoms with van der Waals surface area (Å²) in [4.78, 5) is 11.1. The largest absolute Gasteiger partial charge is 0.371 e. The third kappa shape index (κ3) is 3.06. The number of fused-ring (bicyclic) bond motifs is 1. The lowest BCUT2D eigenvalue weighted by atomic mass is 10.3. The molecular weight excluding hydrogens is 314 g/mol. The minimum absolute atomic E-state index is 0.0529. The molecule has 2 fully saturated rings. The second-order valence-electron chi connectivity index (χ2n) is 5.69. The highest BCUT2D eigenvalue weighted by Crippen LogP contribution is 2.26. The van der Waals surface area contributed by atoms with Gasteiger partial charge in [0.25, 0.3) is 0 Å². The molecule has 0 aliphatic carbocycles. The maximum Gasteiger partial charge on any atom is 0.226 e. The van der Waals surface area contributed by atoms with Gasteiger partial charge in [0.2, 0.25) is 5.95 Å². The molecule has 0 amide bonds. The van der Waals surface area contributed by atoms with Gasteiger partial charge in [-0.1, -0.05) is 0 Å². The Balaban J connectivity index is 1.43. The second-order valence-corrected chi connectivity index (χ2v) is 6.51. The van der Waals surface area contributed by atoms with Crippen molar-refractivity contribution in [3.8, 4) is 0 Å². The van der Waals surface area contributed by atoms with Gasteiger partial charge in [0.1, 0.15) is 17.2 Å². The van der Waals surface area contributed by atoms with E-state index in [0.29, 0.717) is 13.2 Å². The monoisotopic (exact) mass is 333 g/mol. The van der Waals surface area contributed by atoms with Crippen LogP contribution in [0.25, 0.3) is 0 Å². The van der Waals surface area contributed by atoms with Gasteiger partial charge in [0, 0.05) is 31.7 Å². The van der Waals surface area contributed by atoms with E-state index >= 15 is 0 Å². The summed E-state index contributed by atoms with van der Waals surface area (Å²) in [5.41, 5.74) is 0. The zero-order valence-electron chi connectivity index (χ0n) is 12.9.